The van der Waals surface area contributed by atoms with Gasteiger partial charge < -0.3 is 9.47 Å². The highest BCUT2D eigenvalue weighted by atomic mass is 16.6. The highest BCUT2D eigenvalue weighted by Crippen LogP contribution is 2.18. The molecule has 0 heterocycles. The van der Waals surface area contributed by atoms with Crippen molar-refractivity contribution in [2.45, 2.75) is 53.8 Å². The molecule has 0 aromatic rings. The predicted molar refractivity (Wildman–Crippen MR) is 61.2 cm³/mol. The van der Waals surface area contributed by atoms with Gasteiger partial charge in [-0.2, -0.15) is 0 Å². The Morgan fingerprint density at radius 1 is 0.941 bits per heavy atom. The number of hydrogen-bond acceptors (Lipinski definition) is 5. The Kier molecular flexibility index (Phi) is 5.32. The highest BCUT2D eigenvalue weighted by molar-refractivity contribution is 5.90. The molecule has 0 bridgehead atoms. The van der Waals surface area contributed by atoms with Crippen LogP contribution in [0.5, 0.6) is 0 Å². The van der Waals surface area contributed by atoms with Crippen LogP contribution in [-0.2, 0) is 23.9 Å². The first-order valence-corrected chi connectivity index (χ1v) is 5.47. The van der Waals surface area contributed by atoms with Crippen LogP contribution < -0.4 is 0 Å². The number of hydrogen-bond donors (Lipinski definition) is 0. The summed E-state index contributed by atoms with van der Waals surface area (Å²) in [5.74, 6) is -1.46. The van der Waals surface area contributed by atoms with Crippen LogP contribution in [-0.4, -0.2) is 29.9 Å². The molecule has 0 aliphatic carbocycles. The maximum Gasteiger partial charge on any atom is 0.347 e. The normalized spacial score (nSPS) is 14.7. The summed E-state index contributed by atoms with van der Waals surface area (Å²) in [6, 6.07) is 0. The molecule has 17 heavy (non-hydrogen) atoms. The Bertz CT molecular complexity index is 313. The van der Waals surface area contributed by atoms with Crippen LogP contribution in [0.25, 0.3) is 0 Å². The van der Waals surface area contributed by atoms with E-state index in [9.17, 15) is 14.4 Å². The summed E-state index contributed by atoms with van der Waals surface area (Å²) < 4.78 is 9.59. The number of rotatable bonds is 4. The minimum atomic E-state index is -0.997. The lowest BCUT2D eigenvalue weighted by Crippen LogP contribution is -2.37. The van der Waals surface area contributed by atoms with Crippen molar-refractivity contribution in [2.75, 3.05) is 0 Å². The SMILES string of the molecule is CC(=O)OC(C)C(=O)OC(C)C(=O)C(C)(C)C. The average Bonchev–Trinajstić information content (AvgIpc) is 2.13. The molecular formula is C12H20O5. The van der Waals surface area contributed by atoms with Crippen molar-refractivity contribution in [3.63, 3.8) is 0 Å². The van der Waals surface area contributed by atoms with Crippen molar-refractivity contribution >= 4 is 17.7 Å². The molecule has 2 unspecified atom stereocenters. The highest BCUT2D eigenvalue weighted by Gasteiger charge is 2.30. The number of carbonyl (C=O) groups excluding carboxylic acids is 3. The maximum atomic E-state index is 11.8. The van der Waals surface area contributed by atoms with Gasteiger partial charge in [0.05, 0.1) is 0 Å². The number of carbonyl (C=O) groups is 3. The number of Topliss-reactive ketones (excluding diaryl/α,β-unsaturated/α-hetero) is 1. The van der Waals surface area contributed by atoms with E-state index in [-0.39, 0.29) is 5.78 Å². The Morgan fingerprint density at radius 2 is 1.41 bits per heavy atom. The Hall–Kier alpha value is -1.39. The third-order valence-electron chi connectivity index (χ3n) is 2.08. The maximum absolute atomic E-state index is 11.8. The van der Waals surface area contributed by atoms with Crippen molar-refractivity contribution in [1.29, 1.82) is 0 Å². The Morgan fingerprint density at radius 3 is 1.76 bits per heavy atom. The molecule has 2 atom stereocenters. The molecule has 5 heteroatoms. The fourth-order valence-corrected chi connectivity index (χ4v) is 1.23. The first-order chi connectivity index (χ1) is 7.55. The molecule has 0 N–H and O–H groups in total. The molecular weight excluding hydrogens is 224 g/mol. The van der Waals surface area contributed by atoms with Gasteiger partial charge in [-0.05, 0) is 13.8 Å². The standard InChI is InChI=1S/C12H20O5/c1-7(10(14)12(4,5)6)17-11(15)8(2)16-9(3)13/h7-8H,1-6H3. The van der Waals surface area contributed by atoms with E-state index in [1.807, 2.05) is 0 Å². The molecule has 0 fully saturated rings. The van der Waals surface area contributed by atoms with Crippen molar-refractivity contribution < 1.29 is 23.9 Å². The van der Waals surface area contributed by atoms with Gasteiger partial charge in [-0.3, -0.25) is 9.59 Å². The summed E-state index contributed by atoms with van der Waals surface area (Å²) in [6.07, 6.45) is -1.84. The van der Waals surface area contributed by atoms with Gasteiger partial charge in [0.2, 0.25) is 0 Å². The topological polar surface area (TPSA) is 69.7 Å². The Labute approximate surface area is 101 Å². The van der Waals surface area contributed by atoms with Crippen LogP contribution in [0.15, 0.2) is 0 Å². The Balaban J connectivity index is 4.40. The van der Waals surface area contributed by atoms with Gasteiger partial charge in [-0.1, -0.05) is 20.8 Å². The lowest BCUT2D eigenvalue weighted by Gasteiger charge is -2.22. The fourth-order valence-electron chi connectivity index (χ4n) is 1.23. The summed E-state index contributed by atoms with van der Waals surface area (Å²) in [6.45, 7) is 9.34. The minimum absolute atomic E-state index is 0.180. The molecule has 98 valence electrons. The van der Waals surface area contributed by atoms with Gasteiger partial charge in [-0.15, -0.1) is 0 Å². The minimum Gasteiger partial charge on any atom is -0.452 e. The van der Waals surface area contributed by atoms with Gasteiger partial charge in [0, 0.05) is 12.3 Å². The molecule has 0 saturated carbocycles. The van der Waals surface area contributed by atoms with E-state index in [1.54, 1.807) is 20.8 Å². The second kappa shape index (κ2) is 5.80. The zero-order chi connectivity index (χ0) is 13.8. The monoisotopic (exact) mass is 244 g/mol. The van der Waals surface area contributed by atoms with E-state index in [2.05, 4.69) is 4.74 Å². The van der Waals surface area contributed by atoms with Gasteiger partial charge in [-0.25, -0.2) is 4.79 Å². The van der Waals surface area contributed by atoms with Gasteiger partial charge in [0.15, 0.2) is 18.0 Å². The van der Waals surface area contributed by atoms with Crippen LogP contribution in [0.3, 0.4) is 0 Å². The van der Waals surface area contributed by atoms with Gasteiger partial charge in [0.1, 0.15) is 0 Å². The molecule has 0 spiro atoms. The van der Waals surface area contributed by atoms with Crippen molar-refractivity contribution in [3.8, 4) is 0 Å². The van der Waals surface area contributed by atoms with Gasteiger partial charge in [0.25, 0.3) is 0 Å². The van der Waals surface area contributed by atoms with Crippen LogP contribution in [0.2, 0.25) is 0 Å². The molecule has 0 aromatic carbocycles. The zero-order valence-corrected chi connectivity index (χ0v) is 11.2. The fraction of sp³-hybridized carbons (Fsp3) is 0.750. The second-order valence-electron chi connectivity index (χ2n) is 4.95. The quantitative estimate of drug-likeness (QED) is 0.701. The van der Waals surface area contributed by atoms with E-state index in [0.717, 1.165) is 0 Å². The number of ether oxygens (including phenoxy) is 2. The van der Waals surface area contributed by atoms with E-state index >= 15 is 0 Å². The summed E-state index contributed by atoms with van der Waals surface area (Å²) in [5.41, 5.74) is -0.579. The van der Waals surface area contributed by atoms with E-state index in [0.29, 0.717) is 0 Å². The van der Waals surface area contributed by atoms with Gasteiger partial charge >= 0.3 is 11.9 Å². The summed E-state index contributed by atoms with van der Waals surface area (Å²) in [5, 5.41) is 0. The van der Waals surface area contributed by atoms with E-state index < -0.39 is 29.6 Å². The van der Waals surface area contributed by atoms with Crippen LogP contribution in [0.4, 0.5) is 0 Å². The van der Waals surface area contributed by atoms with E-state index in [4.69, 9.17) is 4.74 Å². The van der Waals surface area contributed by atoms with Crippen molar-refractivity contribution in [2.24, 2.45) is 5.41 Å². The molecule has 0 aromatic heterocycles. The molecule has 0 amide bonds. The number of ketones is 1. The molecule has 0 saturated heterocycles. The molecule has 0 aliphatic heterocycles. The van der Waals surface area contributed by atoms with Crippen LogP contribution in [0, 0.1) is 5.41 Å². The lowest BCUT2D eigenvalue weighted by molar-refractivity contribution is -0.171. The molecule has 0 aliphatic rings. The summed E-state index contributed by atoms with van der Waals surface area (Å²) >= 11 is 0. The van der Waals surface area contributed by atoms with E-state index in [1.165, 1.54) is 20.8 Å². The second-order valence-corrected chi connectivity index (χ2v) is 4.95. The smallest absolute Gasteiger partial charge is 0.347 e. The van der Waals surface area contributed by atoms with Crippen molar-refractivity contribution in [3.05, 3.63) is 0 Å². The van der Waals surface area contributed by atoms with Crippen molar-refractivity contribution in [1.82, 2.24) is 0 Å². The molecule has 0 rings (SSSR count). The first-order valence-electron chi connectivity index (χ1n) is 5.47. The zero-order valence-electron chi connectivity index (χ0n) is 11.2. The first kappa shape index (κ1) is 15.6. The third kappa shape index (κ3) is 5.47. The largest absolute Gasteiger partial charge is 0.452 e. The average molecular weight is 244 g/mol. The molecule has 0 radical (unpaired) electrons. The summed E-state index contributed by atoms with van der Waals surface area (Å²) in [4.78, 5) is 33.9. The predicted octanol–water partition coefficient (Wildman–Crippen LogP) is 1.48. The van der Waals surface area contributed by atoms with Crippen LogP contribution >= 0.6 is 0 Å². The summed E-state index contributed by atoms with van der Waals surface area (Å²) in [7, 11) is 0. The number of esters is 2. The van der Waals surface area contributed by atoms with Crippen LogP contribution in [0.1, 0.15) is 41.5 Å². The lowest BCUT2D eigenvalue weighted by atomic mass is 9.88. The molecule has 5 nitrogen and oxygen atoms in total. The third-order valence-corrected chi connectivity index (χ3v) is 2.08.